The van der Waals surface area contributed by atoms with Crippen LogP contribution < -0.4 is 14.4 Å². The van der Waals surface area contributed by atoms with Crippen molar-refractivity contribution >= 4 is 38.1 Å². The van der Waals surface area contributed by atoms with E-state index >= 15 is 0 Å². The number of hydrogen-bond donors (Lipinski definition) is 1. The van der Waals surface area contributed by atoms with Gasteiger partial charge in [-0.2, -0.15) is 0 Å². The lowest BCUT2D eigenvalue weighted by Crippen LogP contribution is -2.49. The summed E-state index contributed by atoms with van der Waals surface area (Å²) in [6.45, 7) is 9.88. The van der Waals surface area contributed by atoms with E-state index in [-0.39, 0.29) is 16.9 Å². The molecule has 1 aliphatic heterocycles. The van der Waals surface area contributed by atoms with Gasteiger partial charge in [-0.25, -0.2) is 8.42 Å². The Morgan fingerprint density at radius 3 is 2.26 bits per heavy atom. The summed E-state index contributed by atoms with van der Waals surface area (Å²) in [6.07, 6.45) is -1.09. The highest BCUT2D eigenvalue weighted by Gasteiger charge is 2.38. The van der Waals surface area contributed by atoms with Gasteiger partial charge in [-0.05, 0) is 49.1 Å². The van der Waals surface area contributed by atoms with Crippen LogP contribution in [-0.2, 0) is 20.2 Å². The zero-order valence-electron chi connectivity index (χ0n) is 22.4. The van der Waals surface area contributed by atoms with Crippen molar-refractivity contribution in [3.8, 4) is 16.3 Å². The number of fused-ring (bicyclic) bond motifs is 1. The highest BCUT2D eigenvalue weighted by atomic mass is 32.2. The first-order valence-corrected chi connectivity index (χ1v) is 14.8. The highest BCUT2D eigenvalue weighted by molar-refractivity contribution is 7.92. The van der Waals surface area contributed by atoms with Gasteiger partial charge in [-0.3, -0.25) is 14.4 Å². The molecular formula is C29H30N4O4S2. The standard InChI is InChI=1S/C29H30N4O4S2/c1-18-6-10-20(11-7-18)27-31-32-28(38-27)30-26(34)25-17-33(39(35,36)22-13-8-19(2)9-14-22)23-16-21(29(3,4)5)12-15-24(23)37-25/h6-16,25H,17H2,1-5H3,(H,30,32,34)/t25-/m0/s1. The number of aromatic nitrogens is 2. The molecule has 1 aliphatic rings. The zero-order valence-corrected chi connectivity index (χ0v) is 24.1. The molecule has 10 heteroatoms. The van der Waals surface area contributed by atoms with Crippen molar-refractivity contribution in [3.05, 3.63) is 83.4 Å². The number of nitrogens with zero attached hydrogens (tertiary/aromatic N) is 3. The summed E-state index contributed by atoms with van der Waals surface area (Å²) in [5, 5.41) is 12.0. The first-order chi connectivity index (χ1) is 18.4. The number of rotatable bonds is 5. The van der Waals surface area contributed by atoms with E-state index in [2.05, 4.69) is 36.3 Å². The van der Waals surface area contributed by atoms with Crippen LogP contribution in [0.15, 0.2) is 71.6 Å². The Morgan fingerprint density at radius 2 is 1.62 bits per heavy atom. The molecule has 3 aromatic carbocycles. The summed E-state index contributed by atoms with van der Waals surface area (Å²) in [5.41, 5.74) is 4.12. The van der Waals surface area contributed by atoms with E-state index < -0.39 is 22.0 Å². The van der Waals surface area contributed by atoms with Gasteiger partial charge in [0.1, 0.15) is 10.8 Å². The van der Waals surface area contributed by atoms with Crippen molar-refractivity contribution in [2.45, 2.75) is 51.0 Å². The molecule has 0 bridgehead atoms. The molecule has 0 radical (unpaired) electrons. The van der Waals surface area contributed by atoms with E-state index in [1.165, 1.54) is 15.6 Å². The molecule has 1 N–H and O–H groups in total. The molecule has 0 spiro atoms. The van der Waals surface area contributed by atoms with Crippen molar-refractivity contribution in [1.82, 2.24) is 10.2 Å². The number of nitrogens with one attached hydrogen (secondary N) is 1. The summed E-state index contributed by atoms with van der Waals surface area (Å²) in [6, 6.07) is 20.0. The molecular weight excluding hydrogens is 532 g/mol. The first-order valence-electron chi connectivity index (χ1n) is 12.5. The molecule has 8 nitrogen and oxygen atoms in total. The zero-order chi connectivity index (χ0) is 27.9. The summed E-state index contributed by atoms with van der Waals surface area (Å²) in [7, 11) is -3.98. The quantitative estimate of drug-likeness (QED) is 0.334. The van der Waals surface area contributed by atoms with Gasteiger partial charge in [-0.15, -0.1) is 10.2 Å². The fourth-order valence-electron chi connectivity index (χ4n) is 4.19. The molecule has 0 fully saturated rings. The number of sulfonamides is 1. The maximum atomic E-state index is 13.9. The Hall–Kier alpha value is -3.76. The lowest BCUT2D eigenvalue weighted by atomic mass is 9.86. The van der Waals surface area contributed by atoms with Crippen LogP contribution in [0.3, 0.4) is 0 Å². The second-order valence-corrected chi connectivity index (χ2v) is 13.5. The molecule has 2 heterocycles. The van der Waals surface area contributed by atoms with Crippen LogP contribution in [0.25, 0.3) is 10.6 Å². The second-order valence-electron chi connectivity index (χ2n) is 10.7. The van der Waals surface area contributed by atoms with Crippen LogP contribution in [0.4, 0.5) is 10.8 Å². The van der Waals surface area contributed by atoms with E-state index in [0.717, 1.165) is 22.3 Å². The molecule has 1 aromatic heterocycles. The first kappa shape index (κ1) is 26.8. The Morgan fingerprint density at radius 1 is 0.974 bits per heavy atom. The Bertz CT molecular complexity index is 1620. The largest absolute Gasteiger partial charge is 0.476 e. The normalized spacial score (nSPS) is 15.4. The van der Waals surface area contributed by atoms with Crippen molar-refractivity contribution in [1.29, 1.82) is 0 Å². The van der Waals surface area contributed by atoms with Crippen LogP contribution in [-0.4, -0.2) is 37.2 Å². The van der Waals surface area contributed by atoms with Gasteiger partial charge in [-0.1, -0.05) is 85.7 Å². The van der Waals surface area contributed by atoms with Crippen LogP contribution in [0.5, 0.6) is 5.75 Å². The number of amides is 1. The fraction of sp³-hybridized carbons (Fsp3) is 0.276. The highest BCUT2D eigenvalue weighted by Crippen LogP contribution is 2.40. The lowest BCUT2D eigenvalue weighted by Gasteiger charge is -2.35. The van der Waals surface area contributed by atoms with Gasteiger partial charge in [0.25, 0.3) is 15.9 Å². The average molecular weight is 563 g/mol. The number of anilines is 2. The van der Waals surface area contributed by atoms with Gasteiger partial charge in [0.15, 0.2) is 6.10 Å². The van der Waals surface area contributed by atoms with Gasteiger partial charge < -0.3 is 4.74 Å². The maximum Gasteiger partial charge on any atom is 0.269 e. The van der Waals surface area contributed by atoms with E-state index in [9.17, 15) is 13.2 Å². The number of carbonyl (C=O) groups is 1. The Kier molecular flexibility index (Phi) is 6.94. The summed E-state index contributed by atoms with van der Waals surface area (Å²) in [5.74, 6) is -0.182. The minimum Gasteiger partial charge on any atom is -0.476 e. The second kappa shape index (κ2) is 10.1. The van der Waals surface area contributed by atoms with Crippen LogP contribution in [0.1, 0.15) is 37.5 Å². The molecule has 0 saturated carbocycles. The third kappa shape index (κ3) is 5.53. The van der Waals surface area contributed by atoms with Crippen LogP contribution in [0.2, 0.25) is 0 Å². The molecule has 0 unspecified atom stereocenters. The predicted octanol–water partition coefficient (Wildman–Crippen LogP) is 5.71. The third-order valence-corrected chi connectivity index (χ3v) is 9.23. The topological polar surface area (TPSA) is 101 Å². The number of benzene rings is 3. The smallest absolute Gasteiger partial charge is 0.269 e. The third-order valence-electron chi connectivity index (χ3n) is 6.55. The van der Waals surface area contributed by atoms with Crippen molar-refractivity contribution in [3.63, 3.8) is 0 Å². The van der Waals surface area contributed by atoms with E-state index in [1.54, 1.807) is 30.3 Å². The number of hydrogen-bond acceptors (Lipinski definition) is 7. The SMILES string of the molecule is Cc1ccc(-c2nnc(NC(=O)[C@@H]3CN(S(=O)(=O)c4ccc(C)cc4)c4cc(C(C)(C)C)ccc4O3)s2)cc1. The monoisotopic (exact) mass is 562 g/mol. The molecule has 4 aromatic rings. The average Bonchev–Trinajstić information content (AvgIpc) is 3.36. The fourth-order valence-corrected chi connectivity index (χ4v) is 6.41. The van der Waals surface area contributed by atoms with Gasteiger partial charge in [0, 0.05) is 5.56 Å². The van der Waals surface area contributed by atoms with Gasteiger partial charge in [0.2, 0.25) is 5.13 Å². The van der Waals surface area contributed by atoms with Crippen molar-refractivity contribution < 1.29 is 17.9 Å². The number of carbonyl (C=O) groups excluding carboxylic acids is 1. The van der Waals surface area contributed by atoms with E-state index in [4.69, 9.17) is 4.74 Å². The Balaban J connectivity index is 1.46. The molecule has 1 amide bonds. The molecule has 39 heavy (non-hydrogen) atoms. The van der Waals surface area contributed by atoms with E-state index in [1.807, 2.05) is 50.2 Å². The van der Waals surface area contributed by atoms with Gasteiger partial charge >= 0.3 is 0 Å². The molecule has 0 aliphatic carbocycles. The van der Waals surface area contributed by atoms with E-state index in [0.29, 0.717) is 21.6 Å². The van der Waals surface area contributed by atoms with Crippen LogP contribution >= 0.6 is 11.3 Å². The maximum absolute atomic E-state index is 13.9. The van der Waals surface area contributed by atoms with Crippen molar-refractivity contribution in [2.24, 2.45) is 0 Å². The Labute approximate surface area is 232 Å². The summed E-state index contributed by atoms with van der Waals surface area (Å²) < 4.78 is 35.0. The lowest BCUT2D eigenvalue weighted by molar-refractivity contribution is -0.122. The number of ether oxygens (including phenoxy) is 1. The van der Waals surface area contributed by atoms with Crippen LogP contribution in [0, 0.1) is 13.8 Å². The van der Waals surface area contributed by atoms with Crippen molar-refractivity contribution in [2.75, 3.05) is 16.2 Å². The summed E-state index contributed by atoms with van der Waals surface area (Å²) >= 11 is 1.24. The molecule has 1 atom stereocenters. The van der Waals surface area contributed by atoms with Gasteiger partial charge in [0.05, 0.1) is 17.1 Å². The minimum atomic E-state index is -3.98. The minimum absolute atomic E-state index is 0.146. The molecule has 202 valence electrons. The molecule has 5 rings (SSSR count). The molecule has 0 saturated heterocycles. The summed E-state index contributed by atoms with van der Waals surface area (Å²) in [4.78, 5) is 13.5. The predicted molar refractivity (Wildman–Crippen MR) is 154 cm³/mol. The number of aryl methyl sites for hydroxylation is 2.